The van der Waals surface area contributed by atoms with Crippen LogP contribution in [0, 0.1) is 6.92 Å². The fourth-order valence-electron chi connectivity index (χ4n) is 2.97. The van der Waals surface area contributed by atoms with Gasteiger partial charge in [-0.1, -0.05) is 17.7 Å². The van der Waals surface area contributed by atoms with E-state index in [1.165, 1.54) is 0 Å². The fourth-order valence-corrected chi connectivity index (χ4v) is 4.27. The molecule has 0 bridgehead atoms. The largest absolute Gasteiger partial charge is 0.394 e. The zero-order valence-electron chi connectivity index (χ0n) is 15.7. The highest BCUT2D eigenvalue weighted by Gasteiger charge is 2.34. The van der Waals surface area contributed by atoms with Gasteiger partial charge in [0.1, 0.15) is 0 Å². The molecule has 8 nitrogen and oxygen atoms in total. The summed E-state index contributed by atoms with van der Waals surface area (Å²) in [7, 11) is -2.15. The minimum absolute atomic E-state index is 0.160. The third-order valence-corrected chi connectivity index (χ3v) is 5.98. The second-order valence-corrected chi connectivity index (χ2v) is 8.36. The summed E-state index contributed by atoms with van der Waals surface area (Å²) >= 11 is 0. The number of methoxy groups -OCH3 is 1. The number of aliphatic hydroxyl groups is 1. The fraction of sp³-hybridized carbons (Fsp3) is 0.611. The van der Waals surface area contributed by atoms with Crippen molar-refractivity contribution in [3.8, 4) is 0 Å². The summed E-state index contributed by atoms with van der Waals surface area (Å²) in [5.74, 6) is -0.160. The summed E-state index contributed by atoms with van der Waals surface area (Å²) in [6.07, 6.45) is 0.111. The molecule has 1 aliphatic rings. The molecule has 0 saturated carbocycles. The van der Waals surface area contributed by atoms with Crippen LogP contribution in [-0.2, 0) is 24.3 Å². The number of carbonyl (C=O) groups is 1. The molecule has 27 heavy (non-hydrogen) atoms. The smallest absolute Gasteiger partial charge is 0.240 e. The predicted octanol–water partition coefficient (Wildman–Crippen LogP) is 0.335. The van der Waals surface area contributed by atoms with E-state index in [1.807, 2.05) is 6.92 Å². The Bertz CT molecular complexity index is 707. The molecule has 0 unspecified atom stereocenters. The van der Waals surface area contributed by atoms with Gasteiger partial charge in [-0.15, -0.1) is 0 Å². The zero-order chi connectivity index (χ0) is 19.9. The monoisotopic (exact) mass is 400 g/mol. The lowest BCUT2D eigenvalue weighted by molar-refractivity contribution is -0.130. The summed E-state index contributed by atoms with van der Waals surface area (Å²) in [5.41, 5.74) is 0.967. The Balaban J connectivity index is 1.92. The van der Waals surface area contributed by atoms with Gasteiger partial charge in [-0.25, -0.2) is 13.1 Å². The van der Waals surface area contributed by atoms with Gasteiger partial charge in [-0.05, 0) is 31.9 Å². The lowest BCUT2D eigenvalue weighted by atomic mass is 9.98. The van der Waals surface area contributed by atoms with E-state index in [9.17, 15) is 18.3 Å². The molecule has 3 N–H and O–H groups in total. The number of aliphatic hydroxyl groups excluding tert-OH is 1. The van der Waals surface area contributed by atoms with Gasteiger partial charge in [0, 0.05) is 13.7 Å². The van der Waals surface area contributed by atoms with Crippen molar-refractivity contribution in [2.24, 2.45) is 0 Å². The van der Waals surface area contributed by atoms with Gasteiger partial charge in [-0.2, -0.15) is 0 Å². The van der Waals surface area contributed by atoms with Crippen molar-refractivity contribution in [1.82, 2.24) is 10.0 Å². The number of carbonyl (C=O) groups excluding carboxylic acids is 1. The number of ether oxygens (including phenoxy) is 2. The first-order chi connectivity index (χ1) is 12.9. The Hall–Kier alpha value is -1.52. The van der Waals surface area contributed by atoms with Gasteiger partial charge >= 0.3 is 0 Å². The highest BCUT2D eigenvalue weighted by atomic mass is 32.2. The van der Waals surface area contributed by atoms with Crippen molar-refractivity contribution in [3.63, 3.8) is 0 Å². The maximum absolute atomic E-state index is 12.6. The van der Waals surface area contributed by atoms with Gasteiger partial charge in [0.05, 0.1) is 42.8 Å². The highest BCUT2D eigenvalue weighted by molar-refractivity contribution is 7.89. The molecule has 3 atom stereocenters. The maximum Gasteiger partial charge on any atom is 0.240 e. The summed E-state index contributed by atoms with van der Waals surface area (Å²) in [6, 6.07) is 6.00. The first-order valence-electron chi connectivity index (χ1n) is 8.96. The van der Waals surface area contributed by atoms with Crippen LogP contribution in [0.15, 0.2) is 29.2 Å². The second-order valence-electron chi connectivity index (χ2n) is 6.64. The molecule has 1 aromatic carbocycles. The van der Waals surface area contributed by atoms with E-state index in [0.717, 1.165) is 5.56 Å². The molecular weight excluding hydrogens is 372 g/mol. The molecule has 1 aromatic rings. The van der Waals surface area contributed by atoms with Crippen LogP contribution in [0.2, 0.25) is 0 Å². The number of hydrogen-bond acceptors (Lipinski definition) is 6. The minimum Gasteiger partial charge on any atom is -0.394 e. The zero-order valence-corrected chi connectivity index (χ0v) is 16.5. The molecule has 1 fully saturated rings. The highest BCUT2D eigenvalue weighted by Crippen LogP contribution is 2.23. The number of sulfonamides is 1. The van der Waals surface area contributed by atoms with E-state index >= 15 is 0 Å². The predicted molar refractivity (Wildman–Crippen MR) is 99.8 cm³/mol. The van der Waals surface area contributed by atoms with Crippen LogP contribution >= 0.6 is 0 Å². The van der Waals surface area contributed by atoms with E-state index in [2.05, 4.69) is 10.0 Å². The molecule has 152 valence electrons. The van der Waals surface area contributed by atoms with Crippen molar-refractivity contribution >= 4 is 15.9 Å². The van der Waals surface area contributed by atoms with Gasteiger partial charge in [0.2, 0.25) is 15.9 Å². The summed E-state index contributed by atoms with van der Waals surface area (Å²) in [4.78, 5) is 12.1. The standard InChI is InChI=1S/C18H28N2O6S/c1-13-3-6-15(7-4-13)27(23,24)20-16-8-5-14(26-17(16)12-21)11-18(22)19-9-10-25-2/h3-4,6-7,14,16-17,20-21H,5,8-12H2,1-2H3,(H,19,22)/t14-,16+,17-/m1/s1. The average Bonchev–Trinajstić information content (AvgIpc) is 2.63. The normalized spacial score (nSPS) is 23.1. The Morgan fingerprint density at radius 3 is 2.63 bits per heavy atom. The Labute approximate surface area is 160 Å². The molecule has 0 aliphatic carbocycles. The minimum atomic E-state index is -3.71. The molecule has 9 heteroatoms. The van der Waals surface area contributed by atoms with Crippen LogP contribution in [0.3, 0.4) is 0 Å². The Morgan fingerprint density at radius 1 is 1.30 bits per heavy atom. The molecule has 0 spiro atoms. The molecule has 1 heterocycles. The van der Waals surface area contributed by atoms with Crippen molar-refractivity contribution < 1.29 is 27.8 Å². The number of rotatable bonds is 9. The third-order valence-electron chi connectivity index (χ3n) is 4.47. The Morgan fingerprint density at radius 2 is 2.00 bits per heavy atom. The van der Waals surface area contributed by atoms with Crippen LogP contribution in [0.1, 0.15) is 24.8 Å². The third kappa shape index (κ3) is 6.54. The molecule has 2 rings (SSSR count). The molecular formula is C18H28N2O6S. The molecule has 1 aliphatic heterocycles. The quantitative estimate of drug-likeness (QED) is 0.515. The van der Waals surface area contributed by atoms with Crippen LogP contribution in [0.25, 0.3) is 0 Å². The van der Waals surface area contributed by atoms with E-state index in [4.69, 9.17) is 9.47 Å². The first kappa shape index (κ1) is 21.8. The lowest BCUT2D eigenvalue weighted by Gasteiger charge is -2.35. The van der Waals surface area contributed by atoms with Crippen LogP contribution in [-0.4, -0.2) is 64.5 Å². The molecule has 1 amide bonds. The van der Waals surface area contributed by atoms with Crippen molar-refractivity contribution in [2.75, 3.05) is 26.9 Å². The summed E-state index contributed by atoms with van der Waals surface area (Å²) in [6.45, 7) is 2.40. The van der Waals surface area contributed by atoms with E-state index < -0.39 is 22.2 Å². The number of hydrogen-bond donors (Lipinski definition) is 3. The van der Waals surface area contributed by atoms with Crippen molar-refractivity contribution in [2.45, 2.75) is 49.3 Å². The molecule has 1 saturated heterocycles. The van der Waals surface area contributed by atoms with E-state index in [-0.39, 0.29) is 29.9 Å². The number of aryl methyl sites for hydroxylation is 1. The first-order valence-corrected chi connectivity index (χ1v) is 10.4. The number of benzene rings is 1. The van der Waals surface area contributed by atoms with Gasteiger partial charge in [-0.3, -0.25) is 4.79 Å². The van der Waals surface area contributed by atoms with Gasteiger partial charge in [0.25, 0.3) is 0 Å². The van der Waals surface area contributed by atoms with Crippen molar-refractivity contribution in [1.29, 1.82) is 0 Å². The SMILES string of the molecule is COCCNC(=O)C[C@H]1CC[C@H](NS(=O)(=O)c2ccc(C)cc2)[C@@H](CO)O1. The topological polar surface area (TPSA) is 114 Å². The lowest BCUT2D eigenvalue weighted by Crippen LogP contribution is -2.51. The summed E-state index contributed by atoms with van der Waals surface area (Å²) in [5, 5.41) is 12.3. The summed E-state index contributed by atoms with van der Waals surface area (Å²) < 4.78 is 38.4. The van der Waals surface area contributed by atoms with Crippen LogP contribution in [0.4, 0.5) is 0 Å². The van der Waals surface area contributed by atoms with E-state index in [0.29, 0.717) is 26.0 Å². The molecule has 0 radical (unpaired) electrons. The number of nitrogens with one attached hydrogen (secondary N) is 2. The van der Waals surface area contributed by atoms with Gasteiger partial charge < -0.3 is 19.9 Å². The Kier molecular flexibility index (Phi) is 8.18. The maximum atomic E-state index is 12.6. The van der Waals surface area contributed by atoms with Crippen LogP contribution in [0.5, 0.6) is 0 Å². The average molecular weight is 400 g/mol. The number of amides is 1. The molecule has 0 aromatic heterocycles. The van der Waals surface area contributed by atoms with Gasteiger partial charge in [0.15, 0.2) is 0 Å². The van der Waals surface area contributed by atoms with Crippen LogP contribution < -0.4 is 10.0 Å². The second kappa shape index (κ2) is 10.1. The van der Waals surface area contributed by atoms with Crippen molar-refractivity contribution in [3.05, 3.63) is 29.8 Å². The van der Waals surface area contributed by atoms with E-state index in [1.54, 1.807) is 31.4 Å².